The summed E-state index contributed by atoms with van der Waals surface area (Å²) in [7, 11) is 0. The van der Waals surface area contributed by atoms with Gasteiger partial charge in [-0.05, 0) is 30.9 Å². The summed E-state index contributed by atoms with van der Waals surface area (Å²) in [5.74, 6) is 0.724. The maximum Gasteiger partial charge on any atom is 0.247 e. The lowest BCUT2D eigenvalue weighted by Crippen LogP contribution is -2.43. The molecule has 0 spiro atoms. The molecule has 1 unspecified atom stereocenters. The highest BCUT2D eigenvalue weighted by Crippen LogP contribution is 2.43. The van der Waals surface area contributed by atoms with Crippen LogP contribution in [0, 0.1) is 5.92 Å². The number of anilines is 2. The van der Waals surface area contributed by atoms with E-state index in [9.17, 15) is 4.79 Å². The van der Waals surface area contributed by atoms with Crippen LogP contribution in [0.25, 0.3) is 10.6 Å². The smallest absolute Gasteiger partial charge is 0.247 e. The summed E-state index contributed by atoms with van der Waals surface area (Å²) < 4.78 is 0. The number of hydrogen-bond acceptors (Lipinski definition) is 5. The lowest BCUT2D eigenvalue weighted by Gasteiger charge is -2.25. The third-order valence-electron chi connectivity index (χ3n) is 5.10. The zero-order chi connectivity index (χ0) is 18.2. The number of fused-ring (bicyclic) bond motifs is 1. The molecule has 1 aliphatic heterocycles. The number of carbonyl (C=O) groups excluding carboxylic acids is 1. The molecule has 2 aliphatic rings. The molecule has 5 nitrogen and oxygen atoms in total. The third-order valence-corrected chi connectivity index (χ3v) is 6.29. The summed E-state index contributed by atoms with van der Waals surface area (Å²) in [6.45, 7) is 0.939. The largest absolute Gasteiger partial charge is 0.349 e. The van der Waals surface area contributed by atoms with Crippen LogP contribution in [0.3, 0.4) is 0 Å². The van der Waals surface area contributed by atoms with Crippen molar-refractivity contribution < 1.29 is 4.79 Å². The summed E-state index contributed by atoms with van der Waals surface area (Å²) in [6.07, 6.45) is 6.56. The van der Waals surface area contributed by atoms with E-state index < -0.39 is 0 Å². The van der Waals surface area contributed by atoms with Crippen molar-refractivity contribution in [2.75, 3.05) is 16.8 Å². The van der Waals surface area contributed by atoms with Gasteiger partial charge in [-0.25, -0.2) is 4.98 Å². The van der Waals surface area contributed by atoms with E-state index in [1.165, 1.54) is 12.8 Å². The number of aromatic nitrogens is 2. The zero-order valence-electron chi connectivity index (χ0n) is 14.8. The van der Waals surface area contributed by atoms with Gasteiger partial charge in [-0.1, -0.05) is 41.7 Å². The van der Waals surface area contributed by atoms with Gasteiger partial charge in [-0.3, -0.25) is 9.78 Å². The number of amides is 1. The van der Waals surface area contributed by atoms with Crippen LogP contribution in [0.2, 0.25) is 0 Å². The normalized spacial score (nSPS) is 18.4. The predicted molar refractivity (Wildman–Crippen MR) is 108 cm³/mol. The van der Waals surface area contributed by atoms with Crippen LogP contribution in [-0.2, 0) is 11.2 Å². The lowest BCUT2D eigenvalue weighted by atomic mass is 10.2. The Morgan fingerprint density at radius 1 is 1.19 bits per heavy atom. The summed E-state index contributed by atoms with van der Waals surface area (Å²) in [5, 5.41) is 5.21. The van der Waals surface area contributed by atoms with Gasteiger partial charge in [-0.15, -0.1) is 0 Å². The van der Waals surface area contributed by atoms with Gasteiger partial charge in [0.05, 0.1) is 17.6 Å². The molecule has 0 saturated heterocycles. The highest BCUT2D eigenvalue weighted by Gasteiger charge is 2.40. The number of nitrogens with one attached hydrogen (secondary N) is 1. The van der Waals surface area contributed by atoms with E-state index in [0.717, 1.165) is 33.5 Å². The maximum atomic E-state index is 12.9. The average molecular weight is 376 g/mol. The van der Waals surface area contributed by atoms with Crippen molar-refractivity contribution >= 4 is 27.9 Å². The van der Waals surface area contributed by atoms with Gasteiger partial charge < -0.3 is 10.2 Å². The van der Waals surface area contributed by atoms with Crippen LogP contribution in [0.5, 0.6) is 0 Å². The van der Waals surface area contributed by atoms with E-state index in [1.54, 1.807) is 23.7 Å². The number of pyridine rings is 1. The van der Waals surface area contributed by atoms with Crippen molar-refractivity contribution in [1.29, 1.82) is 0 Å². The highest BCUT2D eigenvalue weighted by atomic mass is 32.1. The monoisotopic (exact) mass is 376 g/mol. The Hall–Kier alpha value is -2.73. The second-order valence-electron chi connectivity index (χ2n) is 7.18. The molecule has 5 rings (SSSR count). The third kappa shape index (κ3) is 3.32. The molecular formula is C21H20N4OS. The molecular weight excluding hydrogens is 356 g/mol. The topological polar surface area (TPSA) is 58.1 Å². The van der Waals surface area contributed by atoms with E-state index in [1.807, 2.05) is 30.3 Å². The fraction of sp³-hybridized carbons (Fsp3) is 0.286. The molecule has 6 heteroatoms. The SMILES string of the molecule is O=C(Nc1cccnc1)C1Cc2nc(-c3ccccc3)sc2N1CC1CC1. The molecule has 0 bridgehead atoms. The van der Waals surface area contributed by atoms with Crippen molar-refractivity contribution in [2.24, 2.45) is 5.92 Å². The molecule has 2 aromatic heterocycles. The number of thiazole rings is 1. The van der Waals surface area contributed by atoms with Gasteiger partial charge in [0.1, 0.15) is 16.1 Å². The average Bonchev–Trinajstić information content (AvgIpc) is 3.32. The molecule has 1 atom stereocenters. The van der Waals surface area contributed by atoms with Gasteiger partial charge >= 0.3 is 0 Å². The maximum absolute atomic E-state index is 12.9. The Balaban J connectivity index is 1.41. The second kappa shape index (κ2) is 6.78. The summed E-state index contributed by atoms with van der Waals surface area (Å²) in [5.41, 5.74) is 2.92. The fourth-order valence-electron chi connectivity index (χ4n) is 3.53. The van der Waals surface area contributed by atoms with E-state index >= 15 is 0 Å². The first-order valence-electron chi connectivity index (χ1n) is 9.30. The van der Waals surface area contributed by atoms with Crippen molar-refractivity contribution in [3.63, 3.8) is 0 Å². The molecule has 1 aliphatic carbocycles. The van der Waals surface area contributed by atoms with Gasteiger partial charge in [-0.2, -0.15) is 0 Å². The molecule has 0 radical (unpaired) electrons. The first kappa shape index (κ1) is 16.4. The van der Waals surface area contributed by atoms with E-state index in [-0.39, 0.29) is 11.9 Å². The van der Waals surface area contributed by atoms with E-state index in [2.05, 4.69) is 27.3 Å². The Morgan fingerprint density at radius 3 is 2.78 bits per heavy atom. The van der Waals surface area contributed by atoms with Crippen LogP contribution in [0.1, 0.15) is 18.5 Å². The van der Waals surface area contributed by atoms with Crippen molar-refractivity contribution in [3.8, 4) is 10.6 Å². The number of carbonyl (C=O) groups is 1. The molecule has 3 heterocycles. The molecule has 136 valence electrons. The Labute approximate surface area is 162 Å². The summed E-state index contributed by atoms with van der Waals surface area (Å²) >= 11 is 1.70. The zero-order valence-corrected chi connectivity index (χ0v) is 15.7. The van der Waals surface area contributed by atoms with E-state index in [4.69, 9.17) is 4.98 Å². The van der Waals surface area contributed by atoms with Crippen LogP contribution in [0.4, 0.5) is 10.7 Å². The molecule has 1 aromatic carbocycles. The van der Waals surface area contributed by atoms with Crippen LogP contribution in [0.15, 0.2) is 54.9 Å². The number of hydrogen-bond donors (Lipinski definition) is 1. The van der Waals surface area contributed by atoms with Gasteiger partial charge in [0.2, 0.25) is 5.91 Å². The molecule has 1 fully saturated rings. The first-order chi connectivity index (χ1) is 13.3. The number of rotatable bonds is 5. The van der Waals surface area contributed by atoms with Crippen molar-refractivity contribution in [2.45, 2.75) is 25.3 Å². The lowest BCUT2D eigenvalue weighted by molar-refractivity contribution is -0.117. The molecule has 1 saturated carbocycles. The summed E-state index contributed by atoms with van der Waals surface area (Å²) in [4.78, 5) is 24.2. The minimum absolute atomic E-state index is 0.0233. The number of nitrogens with zero attached hydrogens (tertiary/aromatic N) is 3. The molecule has 1 N–H and O–H groups in total. The van der Waals surface area contributed by atoms with E-state index in [0.29, 0.717) is 12.3 Å². The van der Waals surface area contributed by atoms with Gasteiger partial charge in [0.15, 0.2) is 0 Å². The standard InChI is InChI=1S/C21H20N4OS/c26-19(23-16-7-4-10-22-12-16)18-11-17-21(25(18)13-14-8-9-14)27-20(24-17)15-5-2-1-3-6-15/h1-7,10,12,14,18H,8-9,11,13H2,(H,23,26). The van der Waals surface area contributed by atoms with Crippen LogP contribution < -0.4 is 10.2 Å². The van der Waals surface area contributed by atoms with Gasteiger partial charge in [0.25, 0.3) is 0 Å². The van der Waals surface area contributed by atoms with Crippen LogP contribution in [-0.4, -0.2) is 28.5 Å². The second-order valence-corrected chi connectivity index (χ2v) is 8.16. The highest BCUT2D eigenvalue weighted by molar-refractivity contribution is 7.19. The van der Waals surface area contributed by atoms with Crippen molar-refractivity contribution in [1.82, 2.24) is 9.97 Å². The minimum atomic E-state index is -0.190. The van der Waals surface area contributed by atoms with Crippen LogP contribution >= 0.6 is 11.3 Å². The Bertz CT molecular complexity index is 953. The van der Waals surface area contributed by atoms with Gasteiger partial charge in [0, 0.05) is 24.7 Å². The Morgan fingerprint density at radius 2 is 2.04 bits per heavy atom. The summed E-state index contributed by atoms with van der Waals surface area (Å²) in [6, 6.07) is 13.8. The van der Waals surface area contributed by atoms with Crippen molar-refractivity contribution in [3.05, 3.63) is 60.6 Å². The quantitative estimate of drug-likeness (QED) is 0.732. The fourth-order valence-corrected chi connectivity index (χ4v) is 4.68. The molecule has 1 amide bonds. The predicted octanol–water partition coefficient (Wildman–Crippen LogP) is 3.98. The first-order valence-corrected chi connectivity index (χ1v) is 10.1. The molecule has 3 aromatic rings. The Kier molecular flexibility index (Phi) is 4.13. The molecule has 27 heavy (non-hydrogen) atoms. The number of benzene rings is 1. The minimum Gasteiger partial charge on any atom is -0.349 e.